The number of carbonyl (C=O) groups is 1. The van der Waals surface area contributed by atoms with Gasteiger partial charge >= 0.3 is 0 Å². The van der Waals surface area contributed by atoms with E-state index in [9.17, 15) is 14.9 Å². The van der Waals surface area contributed by atoms with Gasteiger partial charge < -0.3 is 4.74 Å². The van der Waals surface area contributed by atoms with Crippen LogP contribution in [0.3, 0.4) is 0 Å². The summed E-state index contributed by atoms with van der Waals surface area (Å²) in [5.74, 6) is 0.532. The first-order valence-corrected chi connectivity index (χ1v) is 7.32. The van der Waals surface area contributed by atoms with Crippen molar-refractivity contribution in [2.24, 2.45) is 11.0 Å². The van der Waals surface area contributed by atoms with Crippen LogP contribution in [0.25, 0.3) is 0 Å². The summed E-state index contributed by atoms with van der Waals surface area (Å²) in [7, 11) is 0. The van der Waals surface area contributed by atoms with Gasteiger partial charge in [0.05, 0.1) is 4.92 Å². The van der Waals surface area contributed by atoms with Gasteiger partial charge in [-0.15, -0.1) is 0 Å². The number of benzene rings is 1. The molecule has 7 nitrogen and oxygen atoms in total. The first-order chi connectivity index (χ1) is 10.6. The number of nitrogens with one attached hydrogen (secondary N) is 1. The SMILES string of the molecule is CCC1CCCC1=NNC(=O)COc1ccc([N+](=O)[O-])cc1. The van der Waals surface area contributed by atoms with Gasteiger partial charge in [0, 0.05) is 17.8 Å². The average molecular weight is 305 g/mol. The smallest absolute Gasteiger partial charge is 0.277 e. The normalized spacial score (nSPS) is 19.1. The van der Waals surface area contributed by atoms with Crippen LogP contribution in [-0.2, 0) is 4.79 Å². The van der Waals surface area contributed by atoms with E-state index in [1.54, 1.807) is 0 Å². The number of nitro benzene ring substituents is 1. The molecule has 0 bridgehead atoms. The molecule has 118 valence electrons. The second-order valence-corrected chi connectivity index (χ2v) is 5.18. The lowest BCUT2D eigenvalue weighted by molar-refractivity contribution is -0.384. The highest BCUT2D eigenvalue weighted by atomic mass is 16.6. The summed E-state index contributed by atoms with van der Waals surface area (Å²) in [6.45, 7) is 1.94. The quantitative estimate of drug-likeness (QED) is 0.645. The van der Waals surface area contributed by atoms with Gasteiger partial charge in [0.2, 0.25) is 0 Å². The summed E-state index contributed by atoms with van der Waals surface area (Å²) < 4.78 is 5.27. The van der Waals surface area contributed by atoms with Crippen molar-refractivity contribution in [2.75, 3.05) is 6.61 Å². The minimum Gasteiger partial charge on any atom is -0.484 e. The van der Waals surface area contributed by atoms with Crippen LogP contribution in [0.5, 0.6) is 5.75 Å². The van der Waals surface area contributed by atoms with E-state index >= 15 is 0 Å². The summed E-state index contributed by atoms with van der Waals surface area (Å²) in [6, 6.07) is 5.58. The predicted octanol–water partition coefficient (Wildman–Crippen LogP) is 2.66. The van der Waals surface area contributed by atoms with Crippen LogP contribution in [0.1, 0.15) is 32.6 Å². The van der Waals surface area contributed by atoms with Crippen LogP contribution in [-0.4, -0.2) is 23.1 Å². The number of hydrazone groups is 1. The molecule has 1 amide bonds. The Morgan fingerprint density at radius 3 is 2.82 bits per heavy atom. The van der Waals surface area contributed by atoms with Crippen molar-refractivity contribution < 1.29 is 14.5 Å². The number of ether oxygens (including phenoxy) is 1. The summed E-state index contributed by atoms with van der Waals surface area (Å²) in [6.07, 6.45) is 4.22. The minimum absolute atomic E-state index is 0.0185. The number of non-ortho nitro benzene ring substituents is 1. The molecule has 0 spiro atoms. The average Bonchev–Trinajstić information content (AvgIpc) is 2.98. The molecule has 1 fully saturated rings. The van der Waals surface area contributed by atoms with Crippen molar-refractivity contribution in [3.63, 3.8) is 0 Å². The van der Waals surface area contributed by atoms with Gasteiger partial charge in [-0.2, -0.15) is 5.10 Å². The van der Waals surface area contributed by atoms with Crippen LogP contribution >= 0.6 is 0 Å². The van der Waals surface area contributed by atoms with Crippen LogP contribution in [0.4, 0.5) is 5.69 Å². The Labute approximate surface area is 128 Å². The third kappa shape index (κ3) is 4.28. The largest absolute Gasteiger partial charge is 0.484 e. The Hall–Kier alpha value is -2.44. The Bertz CT molecular complexity index is 569. The first-order valence-electron chi connectivity index (χ1n) is 7.32. The van der Waals surface area contributed by atoms with Crippen LogP contribution in [0.15, 0.2) is 29.4 Å². The summed E-state index contributed by atoms with van der Waals surface area (Å²) in [4.78, 5) is 21.7. The molecule has 1 N–H and O–H groups in total. The Morgan fingerprint density at radius 1 is 1.45 bits per heavy atom. The molecule has 0 saturated heterocycles. The highest BCUT2D eigenvalue weighted by Crippen LogP contribution is 2.24. The number of hydrogen-bond donors (Lipinski definition) is 1. The molecule has 1 saturated carbocycles. The van der Waals surface area contributed by atoms with E-state index in [-0.39, 0.29) is 18.2 Å². The number of hydrogen-bond acceptors (Lipinski definition) is 5. The molecule has 2 rings (SSSR count). The van der Waals surface area contributed by atoms with E-state index in [1.165, 1.54) is 24.3 Å². The molecule has 0 heterocycles. The van der Waals surface area contributed by atoms with E-state index < -0.39 is 4.92 Å². The lowest BCUT2D eigenvalue weighted by Crippen LogP contribution is -2.26. The fourth-order valence-corrected chi connectivity index (χ4v) is 2.47. The van der Waals surface area contributed by atoms with E-state index in [0.29, 0.717) is 11.7 Å². The predicted molar refractivity (Wildman–Crippen MR) is 81.8 cm³/mol. The van der Waals surface area contributed by atoms with E-state index in [2.05, 4.69) is 17.5 Å². The van der Waals surface area contributed by atoms with Crippen LogP contribution in [0, 0.1) is 16.0 Å². The monoisotopic (exact) mass is 305 g/mol. The van der Waals surface area contributed by atoms with Crippen molar-refractivity contribution >= 4 is 17.3 Å². The minimum atomic E-state index is -0.488. The van der Waals surface area contributed by atoms with E-state index in [1.807, 2.05) is 0 Å². The van der Waals surface area contributed by atoms with Gasteiger partial charge in [-0.05, 0) is 43.7 Å². The molecule has 1 aliphatic carbocycles. The molecular weight excluding hydrogens is 286 g/mol. The van der Waals surface area contributed by atoms with Gasteiger partial charge in [0.25, 0.3) is 11.6 Å². The Kier molecular flexibility index (Phi) is 5.46. The van der Waals surface area contributed by atoms with Crippen molar-refractivity contribution in [3.05, 3.63) is 34.4 Å². The lowest BCUT2D eigenvalue weighted by atomic mass is 10.0. The summed E-state index contributed by atoms with van der Waals surface area (Å²) >= 11 is 0. The molecule has 1 unspecified atom stereocenters. The van der Waals surface area contributed by atoms with Gasteiger partial charge in [-0.3, -0.25) is 14.9 Å². The van der Waals surface area contributed by atoms with Crippen LogP contribution < -0.4 is 10.2 Å². The number of nitrogens with zero attached hydrogens (tertiary/aromatic N) is 2. The molecule has 0 aliphatic heterocycles. The maximum atomic E-state index is 11.7. The highest BCUT2D eigenvalue weighted by Gasteiger charge is 2.20. The number of carbonyl (C=O) groups excluding carboxylic acids is 1. The number of rotatable bonds is 6. The van der Waals surface area contributed by atoms with Gasteiger partial charge in [-0.25, -0.2) is 5.43 Å². The number of amides is 1. The molecular formula is C15H19N3O4. The lowest BCUT2D eigenvalue weighted by Gasteiger charge is -2.08. The van der Waals surface area contributed by atoms with Crippen molar-refractivity contribution in [1.82, 2.24) is 5.43 Å². The first kappa shape index (κ1) is 15.9. The molecule has 1 aromatic carbocycles. The van der Waals surface area contributed by atoms with Crippen LogP contribution in [0.2, 0.25) is 0 Å². The molecule has 0 aromatic heterocycles. The molecule has 0 radical (unpaired) electrons. The molecule has 1 aromatic rings. The molecule has 22 heavy (non-hydrogen) atoms. The summed E-state index contributed by atoms with van der Waals surface area (Å²) in [5, 5.41) is 14.7. The molecule has 7 heteroatoms. The second-order valence-electron chi connectivity index (χ2n) is 5.18. The maximum absolute atomic E-state index is 11.7. The topological polar surface area (TPSA) is 93.8 Å². The van der Waals surface area contributed by atoms with Crippen molar-refractivity contribution in [1.29, 1.82) is 0 Å². The Balaban J connectivity index is 1.80. The fourth-order valence-electron chi connectivity index (χ4n) is 2.47. The zero-order valence-electron chi connectivity index (χ0n) is 12.4. The van der Waals surface area contributed by atoms with Gasteiger partial charge in [-0.1, -0.05) is 6.92 Å². The summed E-state index contributed by atoms with van der Waals surface area (Å²) in [5.41, 5.74) is 3.53. The van der Waals surface area contributed by atoms with Crippen molar-refractivity contribution in [3.8, 4) is 5.75 Å². The van der Waals surface area contributed by atoms with Gasteiger partial charge in [0.15, 0.2) is 6.61 Å². The fraction of sp³-hybridized carbons (Fsp3) is 0.467. The Morgan fingerprint density at radius 2 is 2.18 bits per heavy atom. The van der Waals surface area contributed by atoms with E-state index in [4.69, 9.17) is 4.74 Å². The third-order valence-corrected chi connectivity index (χ3v) is 3.69. The van der Waals surface area contributed by atoms with Gasteiger partial charge in [0.1, 0.15) is 5.75 Å². The molecule has 1 atom stereocenters. The maximum Gasteiger partial charge on any atom is 0.277 e. The molecule has 1 aliphatic rings. The highest BCUT2D eigenvalue weighted by molar-refractivity contribution is 5.89. The van der Waals surface area contributed by atoms with E-state index in [0.717, 1.165) is 31.4 Å². The zero-order valence-corrected chi connectivity index (χ0v) is 12.4. The third-order valence-electron chi connectivity index (χ3n) is 3.69. The number of nitro groups is 1. The zero-order chi connectivity index (χ0) is 15.9. The van der Waals surface area contributed by atoms with Crippen molar-refractivity contribution in [2.45, 2.75) is 32.6 Å². The standard InChI is InChI=1S/C15H19N3O4/c1-2-11-4-3-5-14(11)16-17-15(19)10-22-13-8-6-12(7-9-13)18(20)21/h6-9,11H,2-5,10H2,1H3,(H,17,19). The second kappa shape index (κ2) is 7.53.